The fraction of sp³-hybridized carbons (Fsp3) is 0.391. The van der Waals surface area contributed by atoms with E-state index < -0.39 is 0 Å². The number of amides is 1. The number of carbonyl (C=O) groups excluding carboxylic acids is 1. The molecule has 9 heteroatoms. The SMILES string of the molecule is C=CCn1c(SCC(=O)Nc2sc3c(c2C#N)CCCCC3)nnc1-c1csc(CC)c1. The molecule has 166 valence electrons. The van der Waals surface area contributed by atoms with E-state index in [4.69, 9.17) is 0 Å². The smallest absolute Gasteiger partial charge is 0.235 e. The van der Waals surface area contributed by atoms with Gasteiger partial charge in [0.25, 0.3) is 0 Å². The average Bonchev–Trinajstić information content (AvgIpc) is 3.46. The van der Waals surface area contributed by atoms with Crippen molar-refractivity contribution in [3.05, 3.63) is 45.0 Å². The van der Waals surface area contributed by atoms with Crippen LogP contribution < -0.4 is 5.32 Å². The Morgan fingerprint density at radius 1 is 1.38 bits per heavy atom. The lowest BCUT2D eigenvalue weighted by Gasteiger charge is -2.07. The van der Waals surface area contributed by atoms with Crippen LogP contribution in [0.1, 0.15) is 47.1 Å². The van der Waals surface area contributed by atoms with Gasteiger partial charge in [0.1, 0.15) is 11.1 Å². The summed E-state index contributed by atoms with van der Waals surface area (Å²) < 4.78 is 1.99. The first-order valence-electron chi connectivity index (χ1n) is 10.7. The Hall–Kier alpha value is -2.41. The number of aryl methyl sites for hydroxylation is 2. The number of anilines is 1. The van der Waals surface area contributed by atoms with E-state index in [0.717, 1.165) is 49.1 Å². The molecule has 0 radical (unpaired) electrons. The molecule has 1 amide bonds. The molecule has 0 aromatic carbocycles. The molecule has 0 saturated heterocycles. The summed E-state index contributed by atoms with van der Waals surface area (Å²) in [7, 11) is 0. The van der Waals surface area contributed by atoms with E-state index in [1.54, 1.807) is 22.7 Å². The molecule has 1 aliphatic carbocycles. The molecule has 4 rings (SSSR count). The quantitative estimate of drug-likeness (QED) is 0.253. The average molecular weight is 484 g/mol. The van der Waals surface area contributed by atoms with Crippen molar-refractivity contribution in [3.8, 4) is 17.5 Å². The highest BCUT2D eigenvalue weighted by molar-refractivity contribution is 7.99. The van der Waals surface area contributed by atoms with Crippen molar-refractivity contribution in [2.45, 2.75) is 57.1 Å². The molecule has 1 aliphatic rings. The van der Waals surface area contributed by atoms with Gasteiger partial charge in [0.05, 0.1) is 11.3 Å². The predicted octanol–water partition coefficient (Wildman–Crippen LogP) is 5.69. The maximum atomic E-state index is 12.7. The maximum absolute atomic E-state index is 12.7. The Labute approximate surface area is 200 Å². The number of thiophene rings is 2. The molecule has 0 spiro atoms. The maximum Gasteiger partial charge on any atom is 0.235 e. The first-order chi connectivity index (χ1) is 15.6. The van der Waals surface area contributed by atoms with Crippen molar-refractivity contribution in [1.82, 2.24) is 14.8 Å². The number of thioether (sulfide) groups is 1. The molecular formula is C23H25N5OS3. The molecule has 32 heavy (non-hydrogen) atoms. The number of rotatable bonds is 8. The van der Waals surface area contributed by atoms with Crippen molar-refractivity contribution in [2.75, 3.05) is 11.1 Å². The first kappa shape index (κ1) is 22.8. The number of hydrogen-bond acceptors (Lipinski definition) is 7. The van der Waals surface area contributed by atoms with Crippen LogP contribution in [0.4, 0.5) is 5.00 Å². The van der Waals surface area contributed by atoms with E-state index in [1.807, 2.05) is 10.6 Å². The second-order valence-corrected chi connectivity index (χ2v) is 10.6. The van der Waals surface area contributed by atoms with Gasteiger partial charge in [-0.2, -0.15) is 5.26 Å². The number of allylic oxidation sites excluding steroid dienone is 1. The predicted molar refractivity (Wildman–Crippen MR) is 133 cm³/mol. The van der Waals surface area contributed by atoms with Crippen LogP contribution in [-0.4, -0.2) is 26.4 Å². The first-order valence-corrected chi connectivity index (χ1v) is 13.4. The summed E-state index contributed by atoms with van der Waals surface area (Å²) >= 11 is 4.62. The third-order valence-corrected chi connectivity index (χ3v) is 8.66. The van der Waals surface area contributed by atoms with Crippen LogP contribution in [-0.2, 0) is 30.6 Å². The van der Waals surface area contributed by atoms with Crippen LogP contribution in [0.3, 0.4) is 0 Å². The second-order valence-electron chi connectivity index (χ2n) is 7.58. The highest BCUT2D eigenvalue weighted by Crippen LogP contribution is 2.37. The summed E-state index contributed by atoms with van der Waals surface area (Å²) in [5.74, 6) is 0.853. The van der Waals surface area contributed by atoms with Gasteiger partial charge in [-0.05, 0) is 43.7 Å². The minimum absolute atomic E-state index is 0.138. The van der Waals surface area contributed by atoms with E-state index in [-0.39, 0.29) is 11.7 Å². The number of nitriles is 1. The molecule has 0 atom stereocenters. The third-order valence-electron chi connectivity index (χ3n) is 5.41. The highest BCUT2D eigenvalue weighted by atomic mass is 32.2. The van der Waals surface area contributed by atoms with E-state index in [2.05, 4.69) is 46.5 Å². The monoisotopic (exact) mass is 483 g/mol. The Morgan fingerprint density at radius 3 is 2.97 bits per heavy atom. The topological polar surface area (TPSA) is 83.6 Å². The minimum atomic E-state index is -0.138. The van der Waals surface area contributed by atoms with Gasteiger partial charge < -0.3 is 5.32 Å². The Kier molecular flexibility index (Phi) is 7.45. The molecule has 3 aromatic heterocycles. The Bertz CT molecular complexity index is 1170. The molecule has 0 fully saturated rings. The van der Waals surface area contributed by atoms with Crippen molar-refractivity contribution >= 4 is 45.3 Å². The van der Waals surface area contributed by atoms with E-state index in [0.29, 0.717) is 22.3 Å². The zero-order valence-electron chi connectivity index (χ0n) is 18.0. The zero-order chi connectivity index (χ0) is 22.5. The van der Waals surface area contributed by atoms with Crippen LogP contribution in [0.5, 0.6) is 0 Å². The van der Waals surface area contributed by atoms with Gasteiger partial charge in [-0.25, -0.2) is 0 Å². The minimum Gasteiger partial charge on any atom is -0.316 e. The number of carbonyl (C=O) groups is 1. The van der Waals surface area contributed by atoms with Crippen molar-refractivity contribution in [3.63, 3.8) is 0 Å². The van der Waals surface area contributed by atoms with Gasteiger partial charge in [0.15, 0.2) is 11.0 Å². The lowest BCUT2D eigenvalue weighted by Crippen LogP contribution is -2.14. The van der Waals surface area contributed by atoms with Gasteiger partial charge in [0.2, 0.25) is 5.91 Å². The fourth-order valence-electron chi connectivity index (χ4n) is 3.83. The van der Waals surface area contributed by atoms with Gasteiger partial charge >= 0.3 is 0 Å². The highest BCUT2D eigenvalue weighted by Gasteiger charge is 2.22. The van der Waals surface area contributed by atoms with E-state index >= 15 is 0 Å². The van der Waals surface area contributed by atoms with E-state index in [9.17, 15) is 10.1 Å². The summed E-state index contributed by atoms with van der Waals surface area (Å²) in [6.07, 6.45) is 8.16. The van der Waals surface area contributed by atoms with Crippen molar-refractivity contribution in [1.29, 1.82) is 5.26 Å². The largest absolute Gasteiger partial charge is 0.316 e. The van der Waals surface area contributed by atoms with Gasteiger partial charge in [0, 0.05) is 27.2 Å². The molecule has 0 aliphatic heterocycles. The van der Waals surface area contributed by atoms with Gasteiger partial charge in [-0.3, -0.25) is 9.36 Å². The summed E-state index contributed by atoms with van der Waals surface area (Å²) in [4.78, 5) is 15.3. The molecule has 0 unspecified atom stereocenters. The molecule has 6 nitrogen and oxygen atoms in total. The molecule has 3 heterocycles. The summed E-state index contributed by atoms with van der Waals surface area (Å²) in [5.41, 5.74) is 2.82. The summed E-state index contributed by atoms with van der Waals surface area (Å²) in [6, 6.07) is 4.46. The summed E-state index contributed by atoms with van der Waals surface area (Å²) in [6.45, 7) is 6.55. The van der Waals surface area contributed by atoms with Crippen LogP contribution in [0.15, 0.2) is 29.3 Å². The number of aromatic nitrogens is 3. The number of nitrogens with zero attached hydrogens (tertiary/aromatic N) is 4. The molecule has 0 bridgehead atoms. The lowest BCUT2D eigenvalue weighted by molar-refractivity contribution is -0.113. The third kappa shape index (κ3) is 4.82. The number of fused-ring (bicyclic) bond motifs is 1. The molecule has 0 saturated carbocycles. The molecular weight excluding hydrogens is 458 g/mol. The second kappa shape index (κ2) is 10.5. The van der Waals surface area contributed by atoms with Crippen LogP contribution in [0.2, 0.25) is 0 Å². The zero-order valence-corrected chi connectivity index (χ0v) is 20.5. The van der Waals surface area contributed by atoms with Crippen LogP contribution >= 0.6 is 34.4 Å². The number of nitrogens with one attached hydrogen (secondary N) is 1. The molecule has 3 aromatic rings. The Balaban J connectivity index is 1.47. The fourth-order valence-corrected chi connectivity index (χ4v) is 6.64. The van der Waals surface area contributed by atoms with Crippen LogP contribution in [0, 0.1) is 11.3 Å². The van der Waals surface area contributed by atoms with Crippen molar-refractivity contribution in [2.24, 2.45) is 0 Å². The van der Waals surface area contributed by atoms with E-state index in [1.165, 1.54) is 27.9 Å². The number of hydrogen-bond donors (Lipinski definition) is 1. The molecule has 1 N–H and O–H groups in total. The van der Waals surface area contributed by atoms with Gasteiger partial charge in [-0.15, -0.1) is 39.4 Å². The van der Waals surface area contributed by atoms with Crippen LogP contribution in [0.25, 0.3) is 11.4 Å². The Morgan fingerprint density at radius 2 is 2.22 bits per heavy atom. The van der Waals surface area contributed by atoms with Crippen molar-refractivity contribution < 1.29 is 4.79 Å². The van der Waals surface area contributed by atoms with Gasteiger partial charge in [-0.1, -0.05) is 31.2 Å². The lowest BCUT2D eigenvalue weighted by atomic mass is 10.1. The standard InChI is InChI=1S/C23H25N5OS3/c1-3-10-28-21(15-11-16(4-2)30-13-15)26-27-23(28)31-14-20(29)25-22-18(12-24)17-8-6-5-7-9-19(17)32-22/h3,11,13H,1,4-10,14H2,2H3,(H,25,29). The summed E-state index contributed by atoms with van der Waals surface area (Å²) in [5, 5.41) is 24.8. The normalized spacial score (nSPS) is 13.2.